The van der Waals surface area contributed by atoms with Gasteiger partial charge in [-0.3, -0.25) is 19.3 Å². The number of hydrogen-bond acceptors (Lipinski definition) is 8. The number of hydrogen-bond donors (Lipinski definition) is 5. The zero-order valence-electron chi connectivity index (χ0n) is 21.2. The Morgan fingerprint density at radius 3 is 2.36 bits per heavy atom. The molecule has 3 aliphatic carbocycles. The van der Waals surface area contributed by atoms with Crippen LogP contribution in [0.5, 0.6) is 5.75 Å². The summed E-state index contributed by atoms with van der Waals surface area (Å²) < 4.78 is 0.709. The molecule has 1 saturated carbocycles. The highest BCUT2D eigenvalue weighted by atomic mass is 16.3. The topological polar surface area (TPSA) is 161 Å². The molecule has 4 atom stereocenters. The van der Waals surface area contributed by atoms with Crippen LogP contribution in [0.2, 0.25) is 0 Å². The summed E-state index contributed by atoms with van der Waals surface area (Å²) in [6.07, 6.45) is 1.05. The Bertz CT molecular complexity index is 1240. The number of Topliss-reactive ketones (excluding diaryl/α,β-unsaturated/α-hetero) is 2. The quantitative estimate of drug-likeness (QED) is 0.283. The highest BCUT2D eigenvalue weighted by Crippen LogP contribution is 2.52. The Labute approximate surface area is 209 Å². The van der Waals surface area contributed by atoms with Crippen LogP contribution in [0.25, 0.3) is 5.76 Å². The van der Waals surface area contributed by atoms with E-state index >= 15 is 0 Å². The number of phenolic OH excluding ortho intramolecular Hbond substituents is 1. The van der Waals surface area contributed by atoms with Crippen LogP contribution in [0.4, 0.5) is 0 Å². The van der Waals surface area contributed by atoms with Crippen LogP contribution in [-0.2, 0) is 27.2 Å². The molecule has 0 spiro atoms. The third-order valence-electron chi connectivity index (χ3n) is 7.75. The molecule has 6 N–H and O–H groups in total. The molecule has 3 aliphatic rings. The van der Waals surface area contributed by atoms with Crippen molar-refractivity contribution in [2.75, 3.05) is 41.8 Å². The number of primary amides is 1. The maximum absolute atomic E-state index is 13.8. The van der Waals surface area contributed by atoms with E-state index in [0.717, 1.165) is 12.1 Å². The average Bonchev–Trinajstić information content (AvgIpc) is 2.74. The maximum Gasteiger partial charge on any atom is 0.255 e. The van der Waals surface area contributed by atoms with E-state index in [1.54, 1.807) is 14.1 Å². The number of aromatic hydroxyl groups is 1. The fourth-order valence-corrected chi connectivity index (χ4v) is 6.00. The van der Waals surface area contributed by atoms with E-state index in [-0.39, 0.29) is 23.3 Å². The molecule has 0 aliphatic heterocycles. The number of ketones is 2. The molecule has 36 heavy (non-hydrogen) atoms. The van der Waals surface area contributed by atoms with Crippen molar-refractivity contribution in [2.24, 2.45) is 17.6 Å². The monoisotopic (exact) mass is 500 g/mol. The van der Waals surface area contributed by atoms with Crippen LogP contribution in [0.1, 0.15) is 23.1 Å². The van der Waals surface area contributed by atoms with Crippen molar-refractivity contribution in [1.29, 1.82) is 0 Å². The number of carbonyl (C=O) groups is 3. The van der Waals surface area contributed by atoms with E-state index in [2.05, 4.69) is 21.1 Å². The largest absolute Gasteiger partial charge is 0.508 e. The first-order valence-electron chi connectivity index (χ1n) is 11.9. The molecule has 0 bridgehead atoms. The molecule has 0 aromatic heterocycles. The molecule has 1 amide bonds. The number of aliphatic hydroxyl groups is 3. The molecule has 194 valence electrons. The average molecular weight is 501 g/mol. The lowest BCUT2D eigenvalue weighted by Gasteiger charge is -2.50. The standard InChI is InChI=1S/C26H33N3O7/c1-28(2)20-15-11-13-10-14-12(8-9-29(3,4)5)6-7-16(30)18(14)21(31)17(13)23(33)26(15,36)24(34)19(22(20)32)25(27)35/h6-7,13,15,20,36H,8-11H2,1-5H3,(H4-,27,30,31,32,33,34,35)/p+1/t13-,15-,20-,26-/m1/s1. The molecule has 1 aromatic rings. The Balaban J connectivity index is 1.91. The van der Waals surface area contributed by atoms with Gasteiger partial charge in [0.2, 0.25) is 5.78 Å². The van der Waals surface area contributed by atoms with Gasteiger partial charge in [0.1, 0.15) is 22.8 Å². The van der Waals surface area contributed by atoms with Crippen molar-refractivity contribution in [3.8, 4) is 5.75 Å². The van der Waals surface area contributed by atoms with Crippen molar-refractivity contribution < 1.29 is 39.3 Å². The van der Waals surface area contributed by atoms with E-state index in [1.165, 1.54) is 11.0 Å². The number of quaternary nitrogens is 1. The number of benzene rings is 1. The predicted octanol–water partition coefficient (Wildman–Crippen LogP) is 0.213. The van der Waals surface area contributed by atoms with Gasteiger partial charge in [0.25, 0.3) is 5.91 Å². The van der Waals surface area contributed by atoms with Crippen molar-refractivity contribution in [3.63, 3.8) is 0 Å². The highest BCUT2D eigenvalue weighted by Gasteiger charge is 2.64. The van der Waals surface area contributed by atoms with Crippen LogP contribution in [-0.4, -0.2) is 101 Å². The van der Waals surface area contributed by atoms with E-state index in [4.69, 9.17) is 5.73 Å². The molecule has 0 heterocycles. The highest BCUT2D eigenvalue weighted by molar-refractivity contribution is 6.24. The van der Waals surface area contributed by atoms with Crippen LogP contribution >= 0.6 is 0 Å². The van der Waals surface area contributed by atoms with Gasteiger partial charge < -0.3 is 30.6 Å². The molecule has 1 aromatic carbocycles. The number of nitrogens with zero attached hydrogens (tertiary/aromatic N) is 2. The molecular weight excluding hydrogens is 466 g/mol. The SMILES string of the molecule is CN(C)[C@H]1C(=O)C(C(N)=O)=C(O)[C@]2(O)C(=O)C3=C(O)c4c(O)ccc(CC[N+](C)(C)C)c4C[C@@H]3C[C@H]12. The van der Waals surface area contributed by atoms with Gasteiger partial charge in [-0.15, -0.1) is 0 Å². The van der Waals surface area contributed by atoms with Gasteiger partial charge in [0, 0.05) is 17.9 Å². The van der Waals surface area contributed by atoms with Crippen LogP contribution in [0.3, 0.4) is 0 Å². The third kappa shape index (κ3) is 3.71. The summed E-state index contributed by atoms with van der Waals surface area (Å²) in [6, 6.07) is 2.18. The minimum atomic E-state index is -2.62. The summed E-state index contributed by atoms with van der Waals surface area (Å²) in [6.45, 7) is 0.798. The summed E-state index contributed by atoms with van der Waals surface area (Å²) in [4.78, 5) is 40.5. The maximum atomic E-state index is 13.8. The molecule has 4 rings (SSSR count). The normalized spacial score (nSPS) is 28.2. The molecule has 1 fully saturated rings. The number of aliphatic hydroxyl groups excluding tert-OH is 2. The van der Waals surface area contributed by atoms with Gasteiger partial charge in [-0.25, -0.2) is 0 Å². The summed E-state index contributed by atoms with van der Waals surface area (Å²) in [5, 5.41) is 44.4. The van der Waals surface area contributed by atoms with Crippen LogP contribution in [0.15, 0.2) is 29.0 Å². The van der Waals surface area contributed by atoms with Gasteiger partial charge in [0.15, 0.2) is 11.4 Å². The van der Waals surface area contributed by atoms with Gasteiger partial charge in [0.05, 0.1) is 39.3 Å². The molecule has 10 nitrogen and oxygen atoms in total. The number of fused-ring (bicyclic) bond motifs is 3. The molecule has 0 unspecified atom stereocenters. The van der Waals surface area contributed by atoms with Crippen molar-refractivity contribution in [1.82, 2.24) is 4.90 Å². The van der Waals surface area contributed by atoms with E-state index in [0.29, 0.717) is 22.9 Å². The summed E-state index contributed by atoms with van der Waals surface area (Å²) >= 11 is 0. The van der Waals surface area contributed by atoms with Crippen molar-refractivity contribution >= 4 is 23.2 Å². The predicted molar refractivity (Wildman–Crippen MR) is 131 cm³/mol. The Morgan fingerprint density at radius 1 is 1.17 bits per heavy atom. The second-order valence-corrected chi connectivity index (χ2v) is 11.3. The van der Waals surface area contributed by atoms with E-state index in [1.807, 2.05) is 6.07 Å². The Morgan fingerprint density at radius 2 is 1.81 bits per heavy atom. The van der Waals surface area contributed by atoms with Gasteiger partial charge in [-0.05, 0) is 50.0 Å². The minimum Gasteiger partial charge on any atom is -0.508 e. The van der Waals surface area contributed by atoms with E-state index in [9.17, 15) is 34.8 Å². The number of amides is 1. The number of phenols is 1. The van der Waals surface area contributed by atoms with E-state index < -0.39 is 58.0 Å². The van der Waals surface area contributed by atoms with Crippen LogP contribution in [0, 0.1) is 11.8 Å². The smallest absolute Gasteiger partial charge is 0.255 e. The first-order valence-corrected chi connectivity index (χ1v) is 11.9. The number of likely N-dealkylation sites (N-methyl/N-ethyl adjacent to an activating group) is 2. The Kier molecular flexibility index (Phi) is 6.06. The van der Waals surface area contributed by atoms with Gasteiger partial charge in [-0.1, -0.05) is 6.07 Å². The molecular formula is C26H34N3O7+. The third-order valence-corrected chi connectivity index (χ3v) is 7.75. The fraction of sp³-hybridized carbons (Fsp3) is 0.500. The van der Waals surface area contributed by atoms with Gasteiger partial charge in [-0.2, -0.15) is 0 Å². The first-order chi connectivity index (χ1) is 16.6. The number of carbonyl (C=O) groups excluding carboxylic acids is 3. The fourth-order valence-electron chi connectivity index (χ4n) is 6.00. The zero-order valence-corrected chi connectivity index (χ0v) is 21.2. The second kappa shape index (κ2) is 8.43. The first kappa shape index (κ1) is 25.9. The zero-order chi connectivity index (χ0) is 26.9. The molecule has 0 saturated heterocycles. The lowest BCUT2D eigenvalue weighted by molar-refractivity contribution is -0.870. The molecule has 10 heteroatoms. The second-order valence-electron chi connectivity index (χ2n) is 11.3. The minimum absolute atomic E-state index is 0.0796. The summed E-state index contributed by atoms with van der Waals surface area (Å²) in [5.74, 6) is -6.41. The van der Waals surface area contributed by atoms with Gasteiger partial charge >= 0.3 is 0 Å². The summed E-state index contributed by atoms with van der Waals surface area (Å²) in [5.41, 5.74) is 3.54. The Hall–Kier alpha value is -3.21. The number of rotatable bonds is 5. The lowest BCUT2D eigenvalue weighted by Crippen LogP contribution is -2.65. The molecule has 0 radical (unpaired) electrons. The van der Waals surface area contributed by atoms with Crippen LogP contribution < -0.4 is 5.73 Å². The van der Waals surface area contributed by atoms with Crippen molar-refractivity contribution in [3.05, 3.63) is 45.7 Å². The van der Waals surface area contributed by atoms with Crippen molar-refractivity contribution in [2.45, 2.75) is 30.9 Å². The number of nitrogens with two attached hydrogens (primary N) is 1. The lowest BCUT2D eigenvalue weighted by atomic mass is 9.57. The summed E-state index contributed by atoms with van der Waals surface area (Å²) in [7, 11) is 9.34.